The Hall–Kier alpha value is -6.52. The second-order valence-corrected chi connectivity index (χ2v) is 12.4. The number of para-hydroxylation sites is 2. The monoisotopic (exact) mass is 630 g/mol. The standard InChI is InChI=1S/C45H30N2O2/c1-29-15-8-9-20-32(29)35-23-12-24-36-34-21-10-11-26-38(34)46(43(35)36)40-28-14-25-37-42(40)45(49)47(44(37)48)39-27-13-22-33(30-16-4-2-5-17-30)41(39)31-18-6-3-7-19-31/h2-28H,1H3. The third kappa shape index (κ3) is 4.38. The van der Waals surface area contributed by atoms with Gasteiger partial charge in [-0.2, -0.15) is 0 Å². The Morgan fingerprint density at radius 2 is 0.980 bits per heavy atom. The largest absolute Gasteiger partial charge is 0.308 e. The first-order chi connectivity index (χ1) is 24.1. The number of carbonyl (C=O) groups excluding carboxylic acids is 2. The predicted octanol–water partition coefficient (Wildman–Crippen LogP) is 10.9. The van der Waals surface area contributed by atoms with E-state index >= 15 is 0 Å². The van der Waals surface area contributed by atoms with E-state index in [1.54, 1.807) is 6.07 Å². The zero-order valence-electron chi connectivity index (χ0n) is 26.8. The van der Waals surface area contributed by atoms with Gasteiger partial charge < -0.3 is 4.57 Å². The Bertz CT molecular complexity index is 2600. The van der Waals surface area contributed by atoms with Gasteiger partial charge in [-0.3, -0.25) is 9.59 Å². The first kappa shape index (κ1) is 28.7. The van der Waals surface area contributed by atoms with Gasteiger partial charge in [0.15, 0.2) is 0 Å². The molecule has 9 rings (SSSR count). The van der Waals surface area contributed by atoms with Crippen molar-refractivity contribution in [2.75, 3.05) is 4.90 Å². The molecule has 0 unspecified atom stereocenters. The second kappa shape index (κ2) is 11.3. The highest BCUT2D eigenvalue weighted by Gasteiger charge is 2.41. The van der Waals surface area contributed by atoms with Gasteiger partial charge in [-0.1, -0.05) is 140 Å². The van der Waals surface area contributed by atoms with Crippen LogP contribution in [0.15, 0.2) is 164 Å². The van der Waals surface area contributed by atoms with Crippen LogP contribution in [0, 0.1) is 6.92 Å². The number of imide groups is 1. The molecule has 0 bridgehead atoms. The van der Waals surface area contributed by atoms with Gasteiger partial charge in [0.25, 0.3) is 11.8 Å². The third-order valence-corrected chi connectivity index (χ3v) is 9.69. The molecule has 0 saturated heterocycles. The highest BCUT2D eigenvalue weighted by Crippen LogP contribution is 2.45. The molecule has 0 spiro atoms. The summed E-state index contributed by atoms with van der Waals surface area (Å²) in [5.41, 5.74) is 11.1. The summed E-state index contributed by atoms with van der Waals surface area (Å²) >= 11 is 0. The van der Waals surface area contributed by atoms with Gasteiger partial charge in [-0.05, 0) is 59.0 Å². The molecule has 2 amide bonds. The van der Waals surface area contributed by atoms with Gasteiger partial charge in [0.1, 0.15) is 0 Å². The van der Waals surface area contributed by atoms with Gasteiger partial charge in [0.05, 0.1) is 33.5 Å². The summed E-state index contributed by atoms with van der Waals surface area (Å²) in [5.74, 6) is -0.665. The van der Waals surface area contributed by atoms with Crippen molar-refractivity contribution in [3.63, 3.8) is 0 Å². The zero-order chi connectivity index (χ0) is 33.1. The number of fused-ring (bicyclic) bond motifs is 4. The lowest BCUT2D eigenvalue weighted by molar-refractivity contribution is 0.0926. The summed E-state index contributed by atoms with van der Waals surface area (Å²) < 4.78 is 2.18. The Morgan fingerprint density at radius 3 is 1.76 bits per heavy atom. The summed E-state index contributed by atoms with van der Waals surface area (Å²) in [6.45, 7) is 2.12. The summed E-state index contributed by atoms with van der Waals surface area (Å²) in [6.07, 6.45) is 0. The maximum atomic E-state index is 14.9. The Kier molecular flexibility index (Phi) is 6.63. The molecule has 0 N–H and O–H groups in total. The van der Waals surface area contributed by atoms with E-state index in [9.17, 15) is 9.59 Å². The molecule has 8 aromatic rings. The molecular weight excluding hydrogens is 601 g/mol. The lowest BCUT2D eigenvalue weighted by atomic mass is 9.92. The van der Waals surface area contributed by atoms with Gasteiger partial charge in [-0.25, -0.2) is 4.90 Å². The van der Waals surface area contributed by atoms with Gasteiger partial charge >= 0.3 is 0 Å². The first-order valence-corrected chi connectivity index (χ1v) is 16.5. The molecule has 0 aliphatic carbocycles. The van der Waals surface area contributed by atoms with Crippen molar-refractivity contribution in [2.45, 2.75) is 6.92 Å². The number of nitrogens with zero attached hydrogens (tertiary/aromatic N) is 2. The molecule has 1 aliphatic rings. The fourth-order valence-corrected chi connectivity index (χ4v) is 7.53. The predicted molar refractivity (Wildman–Crippen MR) is 199 cm³/mol. The summed E-state index contributed by atoms with van der Waals surface area (Å²) in [6, 6.07) is 54.6. The number of rotatable bonds is 5. The van der Waals surface area contributed by atoms with E-state index < -0.39 is 0 Å². The minimum absolute atomic E-state index is 0.330. The van der Waals surface area contributed by atoms with E-state index in [1.807, 2.05) is 91.0 Å². The normalized spacial score (nSPS) is 12.6. The average molecular weight is 631 g/mol. The molecule has 2 heterocycles. The fraction of sp³-hybridized carbons (Fsp3) is 0.0222. The van der Waals surface area contributed by atoms with Crippen LogP contribution in [-0.2, 0) is 0 Å². The van der Waals surface area contributed by atoms with E-state index in [0.717, 1.165) is 60.8 Å². The second-order valence-electron chi connectivity index (χ2n) is 12.4. The number of anilines is 1. The van der Waals surface area contributed by atoms with Crippen molar-refractivity contribution in [3.8, 4) is 39.1 Å². The number of benzene rings is 7. The van der Waals surface area contributed by atoms with Crippen LogP contribution in [0.5, 0.6) is 0 Å². The smallest absolute Gasteiger partial charge is 0.268 e. The lowest BCUT2D eigenvalue weighted by Crippen LogP contribution is -2.30. The molecule has 49 heavy (non-hydrogen) atoms. The van der Waals surface area contributed by atoms with Gasteiger partial charge in [-0.15, -0.1) is 0 Å². The molecule has 232 valence electrons. The number of aromatic nitrogens is 1. The van der Waals surface area contributed by atoms with Crippen LogP contribution < -0.4 is 4.90 Å². The van der Waals surface area contributed by atoms with E-state index in [4.69, 9.17) is 0 Å². The van der Waals surface area contributed by atoms with E-state index in [2.05, 4.69) is 78.2 Å². The van der Waals surface area contributed by atoms with Gasteiger partial charge in [0.2, 0.25) is 0 Å². The molecule has 1 aromatic heterocycles. The van der Waals surface area contributed by atoms with Crippen molar-refractivity contribution in [2.24, 2.45) is 0 Å². The quantitative estimate of drug-likeness (QED) is 0.178. The van der Waals surface area contributed by atoms with Crippen LogP contribution >= 0.6 is 0 Å². The average Bonchev–Trinajstić information content (AvgIpc) is 3.63. The highest BCUT2D eigenvalue weighted by atomic mass is 16.2. The number of aryl methyl sites for hydroxylation is 1. The molecule has 4 heteroatoms. The van der Waals surface area contributed by atoms with E-state index in [-0.39, 0.29) is 11.8 Å². The minimum Gasteiger partial charge on any atom is -0.308 e. The minimum atomic E-state index is -0.336. The molecule has 0 atom stereocenters. The van der Waals surface area contributed by atoms with Crippen molar-refractivity contribution >= 4 is 39.3 Å². The van der Waals surface area contributed by atoms with Crippen LogP contribution in [0.2, 0.25) is 0 Å². The van der Waals surface area contributed by atoms with E-state index in [1.165, 1.54) is 4.90 Å². The zero-order valence-corrected chi connectivity index (χ0v) is 26.8. The van der Waals surface area contributed by atoms with Crippen LogP contribution in [0.1, 0.15) is 26.3 Å². The number of hydrogen-bond donors (Lipinski definition) is 0. The Labute approximate surface area is 284 Å². The van der Waals surface area contributed by atoms with Crippen LogP contribution in [0.25, 0.3) is 60.9 Å². The molecule has 1 aliphatic heterocycles. The molecule has 0 saturated carbocycles. The van der Waals surface area contributed by atoms with Crippen molar-refractivity contribution in [1.29, 1.82) is 0 Å². The Balaban J connectivity index is 1.30. The lowest BCUT2D eigenvalue weighted by Gasteiger charge is -2.22. The molecule has 7 aromatic carbocycles. The van der Waals surface area contributed by atoms with Crippen LogP contribution in [-0.4, -0.2) is 16.4 Å². The third-order valence-electron chi connectivity index (χ3n) is 9.69. The SMILES string of the molecule is Cc1ccccc1-c1cccc2c3ccccc3n(-c3cccc4c3C(=O)N(c3cccc(-c5ccccc5)c3-c3ccccc3)C4=O)c12. The topological polar surface area (TPSA) is 42.3 Å². The number of hydrogen-bond acceptors (Lipinski definition) is 2. The summed E-state index contributed by atoms with van der Waals surface area (Å²) in [7, 11) is 0. The van der Waals surface area contributed by atoms with Crippen molar-refractivity contribution in [1.82, 2.24) is 4.57 Å². The first-order valence-electron chi connectivity index (χ1n) is 16.5. The van der Waals surface area contributed by atoms with Crippen molar-refractivity contribution in [3.05, 3.63) is 180 Å². The molecular formula is C45H30N2O2. The Morgan fingerprint density at radius 1 is 0.408 bits per heavy atom. The van der Waals surface area contributed by atoms with Gasteiger partial charge in [0, 0.05) is 21.9 Å². The molecule has 0 radical (unpaired) electrons. The number of carbonyl (C=O) groups is 2. The molecule has 0 fully saturated rings. The molecule has 4 nitrogen and oxygen atoms in total. The maximum Gasteiger partial charge on any atom is 0.268 e. The van der Waals surface area contributed by atoms with Crippen LogP contribution in [0.4, 0.5) is 5.69 Å². The fourth-order valence-electron chi connectivity index (χ4n) is 7.53. The number of amides is 2. The van der Waals surface area contributed by atoms with E-state index in [0.29, 0.717) is 22.5 Å². The highest BCUT2D eigenvalue weighted by molar-refractivity contribution is 6.37. The summed E-state index contributed by atoms with van der Waals surface area (Å²) in [5, 5.41) is 2.17. The maximum absolute atomic E-state index is 14.9. The summed E-state index contributed by atoms with van der Waals surface area (Å²) in [4.78, 5) is 30.8. The van der Waals surface area contributed by atoms with Crippen LogP contribution in [0.3, 0.4) is 0 Å². The van der Waals surface area contributed by atoms with Crippen molar-refractivity contribution < 1.29 is 9.59 Å².